The van der Waals surface area contributed by atoms with Gasteiger partial charge in [-0.1, -0.05) is 11.8 Å². The molecule has 15 heavy (non-hydrogen) atoms. The Kier molecular flexibility index (Phi) is 4.50. The maximum atomic E-state index is 10.8. The molecule has 6 nitrogen and oxygen atoms in total. The fourth-order valence-corrected chi connectivity index (χ4v) is 2.15. The van der Waals surface area contributed by atoms with Crippen molar-refractivity contribution in [3.63, 3.8) is 0 Å². The SMILES string of the molecule is CC(=O)S[C@H]1O[C@H](CO)[C@H](O)[C@H](O)[C@H]1O. The zero-order valence-corrected chi connectivity index (χ0v) is 8.92. The predicted molar refractivity (Wildman–Crippen MR) is 52.0 cm³/mol. The predicted octanol–water partition coefficient (Wildman–Crippen LogP) is -1.93. The number of hydrogen-bond donors (Lipinski definition) is 4. The molecule has 0 amide bonds. The molecule has 0 aromatic heterocycles. The zero-order chi connectivity index (χ0) is 11.6. The van der Waals surface area contributed by atoms with Gasteiger partial charge in [-0.15, -0.1) is 0 Å². The summed E-state index contributed by atoms with van der Waals surface area (Å²) in [5.74, 6) is 0. The summed E-state index contributed by atoms with van der Waals surface area (Å²) in [5, 5.41) is 36.8. The van der Waals surface area contributed by atoms with Gasteiger partial charge in [0.25, 0.3) is 0 Å². The number of carbonyl (C=O) groups is 1. The summed E-state index contributed by atoms with van der Waals surface area (Å²) in [6, 6.07) is 0. The van der Waals surface area contributed by atoms with Crippen LogP contribution in [0.25, 0.3) is 0 Å². The van der Waals surface area contributed by atoms with Crippen molar-refractivity contribution in [2.45, 2.75) is 36.8 Å². The Morgan fingerprint density at radius 1 is 1.27 bits per heavy atom. The van der Waals surface area contributed by atoms with Gasteiger partial charge in [-0.3, -0.25) is 4.79 Å². The smallest absolute Gasteiger partial charge is 0.188 e. The van der Waals surface area contributed by atoms with E-state index in [-0.39, 0.29) is 5.12 Å². The summed E-state index contributed by atoms with van der Waals surface area (Å²) in [5.41, 5.74) is -0.960. The molecule has 0 aliphatic carbocycles. The molecule has 1 heterocycles. The van der Waals surface area contributed by atoms with Crippen LogP contribution in [-0.2, 0) is 9.53 Å². The Labute approximate surface area is 90.9 Å². The van der Waals surface area contributed by atoms with Crippen molar-refractivity contribution in [3.8, 4) is 0 Å². The molecule has 1 saturated heterocycles. The highest BCUT2D eigenvalue weighted by Crippen LogP contribution is 2.28. The van der Waals surface area contributed by atoms with Crippen LogP contribution in [0.15, 0.2) is 0 Å². The van der Waals surface area contributed by atoms with E-state index >= 15 is 0 Å². The summed E-state index contributed by atoms with van der Waals surface area (Å²) < 4.78 is 5.07. The summed E-state index contributed by atoms with van der Waals surface area (Å²) in [7, 11) is 0. The highest BCUT2D eigenvalue weighted by atomic mass is 32.2. The Bertz CT molecular complexity index is 233. The Morgan fingerprint density at radius 3 is 2.33 bits per heavy atom. The molecule has 7 heteroatoms. The fraction of sp³-hybridized carbons (Fsp3) is 0.875. The van der Waals surface area contributed by atoms with Crippen LogP contribution in [0, 0.1) is 0 Å². The van der Waals surface area contributed by atoms with Crippen LogP contribution < -0.4 is 0 Å². The number of hydrogen-bond acceptors (Lipinski definition) is 7. The molecule has 1 rings (SSSR count). The van der Waals surface area contributed by atoms with Crippen molar-refractivity contribution < 1.29 is 30.0 Å². The number of rotatable bonds is 2. The van der Waals surface area contributed by atoms with Crippen molar-refractivity contribution >= 4 is 16.9 Å². The van der Waals surface area contributed by atoms with Crippen LogP contribution in [0.3, 0.4) is 0 Å². The molecular weight excluding hydrogens is 224 g/mol. The summed E-state index contributed by atoms with van der Waals surface area (Å²) >= 11 is 0.715. The molecule has 5 atom stereocenters. The van der Waals surface area contributed by atoms with Gasteiger partial charge < -0.3 is 25.2 Å². The highest BCUT2D eigenvalue weighted by molar-refractivity contribution is 8.14. The van der Waals surface area contributed by atoms with Crippen molar-refractivity contribution in [2.24, 2.45) is 0 Å². The first-order chi connectivity index (χ1) is 6.97. The van der Waals surface area contributed by atoms with Gasteiger partial charge >= 0.3 is 0 Å². The number of aliphatic hydroxyl groups is 4. The van der Waals surface area contributed by atoms with Gasteiger partial charge in [0.05, 0.1) is 6.61 Å². The maximum absolute atomic E-state index is 10.8. The average Bonchev–Trinajstić information content (AvgIpc) is 2.18. The van der Waals surface area contributed by atoms with E-state index < -0.39 is 36.5 Å². The van der Waals surface area contributed by atoms with Gasteiger partial charge in [0.1, 0.15) is 29.9 Å². The molecule has 0 aromatic rings. The molecule has 0 unspecified atom stereocenters. The lowest BCUT2D eigenvalue weighted by Crippen LogP contribution is -2.57. The van der Waals surface area contributed by atoms with E-state index in [1.54, 1.807) is 0 Å². The van der Waals surface area contributed by atoms with Crippen molar-refractivity contribution in [3.05, 3.63) is 0 Å². The van der Waals surface area contributed by atoms with E-state index in [2.05, 4.69) is 0 Å². The minimum atomic E-state index is -1.42. The van der Waals surface area contributed by atoms with Crippen molar-refractivity contribution in [1.29, 1.82) is 0 Å². The van der Waals surface area contributed by atoms with Gasteiger partial charge in [-0.2, -0.15) is 0 Å². The second kappa shape index (κ2) is 5.24. The summed E-state index contributed by atoms with van der Waals surface area (Å²) in [6.45, 7) is 0.812. The maximum Gasteiger partial charge on any atom is 0.188 e. The number of thioether (sulfide) groups is 1. The van der Waals surface area contributed by atoms with E-state index in [1.165, 1.54) is 6.92 Å². The minimum absolute atomic E-state index is 0.278. The number of aliphatic hydroxyl groups excluding tert-OH is 4. The van der Waals surface area contributed by atoms with Crippen molar-refractivity contribution in [1.82, 2.24) is 0 Å². The van der Waals surface area contributed by atoms with Crippen LogP contribution in [-0.4, -0.2) is 62.0 Å². The Hall–Kier alpha value is -0.180. The summed E-state index contributed by atoms with van der Waals surface area (Å²) in [6.07, 6.45) is -5.11. The molecule has 0 aromatic carbocycles. The second-order valence-corrected chi connectivity index (χ2v) is 4.58. The molecular formula is C8H14O6S. The van der Waals surface area contributed by atoms with Gasteiger partial charge in [-0.25, -0.2) is 0 Å². The first-order valence-electron chi connectivity index (χ1n) is 4.45. The number of ether oxygens (including phenoxy) is 1. The van der Waals surface area contributed by atoms with E-state index in [0.29, 0.717) is 11.8 Å². The lowest BCUT2D eigenvalue weighted by atomic mass is 10.0. The largest absolute Gasteiger partial charge is 0.394 e. The number of carbonyl (C=O) groups excluding carboxylic acids is 1. The van der Waals surface area contributed by atoms with E-state index in [1.807, 2.05) is 0 Å². The first kappa shape index (κ1) is 12.9. The lowest BCUT2D eigenvalue weighted by Gasteiger charge is -2.39. The van der Waals surface area contributed by atoms with Gasteiger partial charge in [0.2, 0.25) is 0 Å². The third-order valence-electron chi connectivity index (χ3n) is 2.13. The van der Waals surface area contributed by atoms with Gasteiger partial charge in [-0.05, 0) is 0 Å². The Balaban J connectivity index is 2.69. The second-order valence-electron chi connectivity index (χ2n) is 3.31. The molecule has 0 saturated carbocycles. The minimum Gasteiger partial charge on any atom is -0.394 e. The topological polar surface area (TPSA) is 107 Å². The monoisotopic (exact) mass is 238 g/mol. The Morgan fingerprint density at radius 2 is 1.87 bits per heavy atom. The molecule has 0 bridgehead atoms. The van der Waals surface area contributed by atoms with E-state index in [0.717, 1.165) is 0 Å². The highest BCUT2D eigenvalue weighted by Gasteiger charge is 2.44. The normalized spacial score (nSPS) is 41.5. The van der Waals surface area contributed by atoms with Crippen molar-refractivity contribution in [2.75, 3.05) is 6.61 Å². The molecule has 1 fully saturated rings. The van der Waals surface area contributed by atoms with Crippen LogP contribution in [0.5, 0.6) is 0 Å². The molecule has 4 N–H and O–H groups in total. The quantitative estimate of drug-likeness (QED) is 0.443. The summed E-state index contributed by atoms with van der Waals surface area (Å²) in [4.78, 5) is 10.8. The average molecular weight is 238 g/mol. The van der Waals surface area contributed by atoms with E-state index in [4.69, 9.17) is 9.84 Å². The van der Waals surface area contributed by atoms with E-state index in [9.17, 15) is 20.1 Å². The fourth-order valence-electron chi connectivity index (χ4n) is 1.33. The van der Waals surface area contributed by atoms with Crippen LogP contribution >= 0.6 is 11.8 Å². The van der Waals surface area contributed by atoms with Crippen LogP contribution in [0.1, 0.15) is 6.92 Å². The molecule has 0 spiro atoms. The zero-order valence-electron chi connectivity index (χ0n) is 8.11. The van der Waals surface area contributed by atoms with Crippen LogP contribution in [0.2, 0.25) is 0 Å². The molecule has 88 valence electrons. The molecule has 1 aliphatic heterocycles. The lowest BCUT2D eigenvalue weighted by molar-refractivity contribution is -0.205. The first-order valence-corrected chi connectivity index (χ1v) is 5.33. The third kappa shape index (κ3) is 2.90. The molecule has 1 aliphatic rings. The van der Waals surface area contributed by atoms with Gasteiger partial charge in [0, 0.05) is 6.92 Å². The standard InChI is InChI=1S/C8H14O6S/c1-3(10)15-8-7(13)6(12)5(11)4(2-9)14-8/h4-9,11-13H,2H2,1H3/t4-,5+,6+,7-,8-/m1/s1. The van der Waals surface area contributed by atoms with Gasteiger partial charge in [0.15, 0.2) is 5.12 Å². The third-order valence-corrected chi connectivity index (χ3v) is 3.08. The van der Waals surface area contributed by atoms with Crippen LogP contribution in [0.4, 0.5) is 0 Å². The molecule has 0 radical (unpaired) electrons.